The fourth-order valence-corrected chi connectivity index (χ4v) is 2.52. The molecule has 2 aromatic heterocycles. The zero-order valence-corrected chi connectivity index (χ0v) is 12.1. The first-order valence-corrected chi connectivity index (χ1v) is 6.63. The van der Waals surface area contributed by atoms with Crippen molar-refractivity contribution in [1.82, 2.24) is 25.0 Å². The van der Waals surface area contributed by atoms with Crippen molar-refractivity contribution in [2.24, 2.45) is 12.9 Å². The molecule has 19 heavy (non-hydrogen) atoms. The lowest BCUT2D eigenvalue weighted by Gasteiger charge is -2.17. The van der Waals surface area contributed by atoms with Crippen molar-refractivity contribution >= 4 is 11.6 Å². The Bertz CT molecular complexity index is 559. The molecule has 0 aliphatic heterocycles. The summed E-state index contributed by atoms with van der Waals surface area (Å²) in [4.78, 5) is 0. The minimum absolute atomic E-state index is 0.213. The van der Waals surface area contributed by atoms with E-state index in [9.17, 15) is 0 Å². The molecule has 1 atom stereocenters. The van der Waals surface area contributed by atoms with Crippen LogP contribution in [0.1, 0.15) is 36.3 Å². The minimum atomic E-state index is -0.213. The van der Waals surface area contributed by atoms with Gasteiger partial charge >= 0.3 is 0 Å². The molecule has 7 heteroatoms. The van der Waals surface area contributed by atoms with Crippen molar-refractivity contribution in [2.45, 2.75) is 32.9 Å². The van der Waals surface area contributed by atoms with Gasteiger partial charge in [0.2, 0.25) is 0 Å². The average molecular weight is 283 g/mol. The highest BCUT2D eigenvalue weighted by atomic mass is 35.5. The molecule has 0 amide bonds. The number of hydrogen-bond donors (Lipinski definition) is 2. The molecule has 2 heterocycles. The first-order valence-electron chi connectivity index (χ1n) is 6.26. The summed E-state index contributed by atoms with van der Waals surface area (Å²) in [7, 11) is 1.88. The molecule has 0 bridgehead atoms. The van der Waals surface area contributed by atoms with Crippen molar-refractivity contribution in [3.63, 3.8) is 0 Å². The van der Waals surface area contributed by atoms with Gasteiger partial charge in [0.25, 0.3) is 0 Å². The molecule has 104 valence electrons. The van der Waals surface area contributed by atoms with Gasteiger partial charge in [-0.15, -0.1) is 0 Å². The normalized spacial score (nSPS) is 12.9. The molecule has 0 fully saturated rings. The molecule has 3 N–H and O–H groups in total. The van der Waals surface area contributed by atoms with Crippen LogP contribution < -0.4 is 11.3 Å². The van der Waals surface area contributed by atoms with Gasteiger partial charge in [0.15, 0.2) is 0 Å². The first-order chi connectivity index (χ1) is 9.08. The fraction of sp³-hybridized carbons (Fsp3) is 0.500. The van der Waals surface area contributed by atoms with Gasteiger partial charge in [-0.1, -0.05) is 18.5 Å². The highest BCUT2D eigenvalue weighted by molar-refractivity contribution is 6.31. The highest BCUT2D eigenvalue weighted by Crippen LogP contribution is 2.29. The predicted molar refractivity (Wildman–Crippen MR) is 74.6 cm³/mol. The maximum Gasteiger partial charge on any atom is 0.0926 e. The zero-order chi connectivity index (χ0) is 14.0. The number of nitrogens with zero attached hydrogens (tertiary/aromatic N) is 4. The van der Waals surface area contributed by atoms with E-state index >= 15 is 0 Å². The molecule has 0 aliphatic carbocycles. The van der Waals surface area contributed by atoms with Crippen LogP contribution in [0, 0.1) is 6.92 Å². The lowest BCUT2D eigenvalue weighted by atomic mass is 10.1. The van der Waals surface area contributed by atoms with E-state index in [2.05, 4.69) is 22.5 Å². The SMILES string of the molecule is CCCn1ncc(Cl)c1C(NN)c1cn(C)nc1C. The van der Waals surface area contributed by atoms with Gasteiger partial charge in [-0.25, -0.2) is 5.43 Å². The Labute approximate surface area is 117 Å². The number of nitrogens with two attached hydrogens (primary N) is 1. The molecule has 1 unspecified atom stereocenters. The summed E-state index contributed by atoms with van der Waals surface area (Å²) in [6.07, 6.45) is 4.58. The Morgan fingerprint density at radius 3 is 2.79 bits per heavy atom. The third-order valence-electron chi connectivity index (χ3n) is 3.07. The van der Waals surface area contributed by atoms with Crippen LogP contribution in [0.25, 0.3) is 0 Å². The second-order valence-corrected chi connectivity index (χ2v) is 4.95. The van der Waals surface area contributed by atoms with Gasteiger partial charge < -0.3 is 0 Å². The molecule has 6 nitrogen and oxygen atoms in total. The van der Waals surface area contributed by atoms with Crippen molar-refractivity contribution < 1.29 is 0 Å². The van der Waals surface area contributed by atoms with Crippen LogP contribution in [0.4, 0.5) is 0 Å². The van der Waals surface area contributed by atoms with E-state index in [1.165, 1.54) is 0 Å². The maximum absolute atomic E-state index is 6.26. The first kappa shape index (κ1) is 14.0. The third-order valence-corrected chi connectivity index (χ3v) is 3.36. The van der Waals surface area contributed by atoms with Crippen LogP contribution in [0.2, 0.25) is 5.02 Å². The molecule has 0 aliphatic rings. The number of rotatable bonds is 5. The Balaban J connectivity index is 2.47. The molecule has 0 radical (unpaired) electrons. The number of hydrazine groups is 1. The Hall–Kier alpha value is -1.37. The second-order valence-electron chi connectivity index (χ2n) is 4.54. The van der Waals surface area contributed by atoms with Crippen molar-refractivity contribution in [1.29, 1.82) is 0 Å². The number of halogens is 1. The lowest BCUT2D eigenvalue weighted by Crippen LogP contribution is -2.31. The molecule has 2 rings (SSSR count). The number of nitrogens with one attached hydrogen (secondary N) is 1. The summed E-state index contributed by atoms with van der Waals surface area (Å²) in [6, 6.07) is -0.213. The van der Waals surface area contributed by atoms with E-state index in [1.807, 2.05) is 24.9 Å². The lowest BCUT2D eigenvalue weighted by molar-refractivity contribution is 0.520. The molecule has 0 saturated heterocycles. The molecule has 0 saturated carbocycles. The second kappa shape index (κ2) is 5.73. The topological polar surface area (TPSA) is 73.7 Å². The van der Waals surface area contributed by atoms with Crippen LogP contribution in [-0.2, 0) is 13.6 Å². The van der Waals surface area contributed by atoms with Gasteiger partial charge in [0, 0.05) is 25.4 Å². The largest absolute Gasteiger partial charge is 0.275 e. The van der Waals surface area contributed by atoms with E-state index in [0.29, 0.717) is 5.02 Å². The molecular formula is C12H19ClN6. The van der Waals surface area contributed by atoms with Crippen molar-refractivity contribution in [3.8, 4) is 0 Å². The Kier molecular flexibility index (Phi) is 4.24. The van der Waals surface area contributed by atoms with Crippen LogP contribution in [0.15, 0.2) is 12.4 Å². The van der Waals surface area contributed by atoms with Crippen LogP contribution in [0.5, 0.6) is 0 Å². The van der Waals surface area contributed by atoms with Gasteiger partial charge in [-0.2, -0.15) is 10.2 Å². The van der Waals surface area contributed by atoms with E-state index in [0.717, 1.165) is 29.9 Å². The molecule has 2 aromatic rings. The zero-order valence-electron chi connectivity index (χ0n) is 11.4. The molecular weight excluding hydrogens is 264 g/mol. The van der Waals surface area contributed by atoms with Crippen LogP contribution in [-0.4, -0.2) is 19.6 Å². The Morgan fingerprint density at radius 2 is 2.26 bits per heavy atom. The van der Waals surface area contributed by atoms with Crippen molar-refractivity contribution in [3.05, 3.63) is 34.4 Å². The Morgan fingerprint density at radius 1 is 1.53 bits per heavy atom. The molecule has 0 aromatic carbocycles. The number of aryl methyl sites for hydroxylation is 3. The summed E-state index contributed by atoms with van der Waals surface area (Å²) in [5, 5.41) is 9.25. The smallest absolute Gasteiger partial charge is 0.0926 e. The summed E-state index contributed by atoms with van der Waals surface area (Å²) in [5.74, 6) is 5.72. The standard InChI is InChI=1S/C12H19ClN6/c1-4-5-19-12(10(13)6-15-19)11(16-14)9-7-18(3)17-8(9)2/h6-7,11,16H,4-5,14H2,1-3H3. The van der Waals surface area contributed by atoms with E-state index in [1.54, 1.807) is 10.9 Å². The quantitative estimate of drug-likeness (QED) is 0.644. The van der Waals surface area contributed by atoms with E-state index in [4.69, 9.17) is 17.4 Å². The fourth-order valence-electron chi connectivity index (χ4n) is 2.27. The molecule has 0 spiro atoms. The van der Waals surface area contributed by atoms with E-state index < -0.39 is 0 Å². The minimum Gasteiger partial charge on any atom is -0.275 e. The average Bonchev–Trinajstić information content (AvgIpc) is 2.87. The summed E-state index contributed by atoms with van der Waals surface area (Å²) in [6.45, 7) is 4.85. The highest BCUT2D eigenvalue weighted by Gasteiger charge is 2.24. The van der Waals surface area contributed by atoms with Gasteiger partial charge in [-0.3, -0.25) is 15.2 Å². The van der Waals surface area contributed by atoms with Crippen molar-refractivity contribution in [2.75, 3.05) is 0 Å². The van der Waals surface area contributed by atoms with Gasteiger partial charge in [0.05, 0.1) is 28.6 Å². The summed E-state index contributed by atoms with van der Waals surface area (Å²) >= 11 is 6.26. The number of hydrogen-bond acceptors (Lipinski definition) is 4. The van der Waals surface area contributed by atoms with E-state index in [-0.39, 0.29) is 6.04 Å². The maximum atomic E-state index is 6.26. The summed E-state index contributed by atoms with van der Waals surface area (Å²) < 4.78 is 3.66. The predicted octanol–water partition coefficient (Wildman–Crippen LogP) is 1.54. The van der Waals surface area contributed by atoms with Gasteiger partial charge in [0.1, 0.15) is 0 Å². The monoisotopic (exact) mass is 282 g/mol. The number of aromatic nitrogens is 4. The van der Waals surface area contributed by atoms with Crippen LogP contribution in [0.3, 0.4) is 0 Å². The third kappa shape index (κ3) is 2.65. The van der Waals surface area contributed by atoms with Gasteiger partial charge in [-0.05, 0) is 13.3 Å². The van der Waals surface area contributed by atoms with Crippen LogP contribution >= 0.6 is 11.6 Å². The summed E-state index contributed by atoms with van der Waals surface area (Å²) in [5.41, 5.74) is 5.62.